The van der Waals surface area contributed by atoms with E-state index in [1.54, 1.807) is 6.07 Å². The number of methoxy groups -OCH3 is 2. The van der Waals surface area contributed by atoms with Crippen molar-refractivity contribution in [3.8, 4) is 11.5 Å². The molecule has 34 heavy (non-hydrogen) atoms. The fraction of sp³-hybridized carbons (Fsp3) is 0.136. The molecule has 0 radical (unpaired) electrons. The van der Waals surface area contributed by atoms with Crippen LogP contribution < -0.4 is 19.1 Å². The number of halogens is 1. The van der Waals surface area contributed by atoms with Crippen LogP contribution in [0.5, 0.6) is 11.5 Å². The van der Waals surface area contributed by atoms with Crippen molar-refractivity contribution in [2.45, 2.75) is 4.90 Å². The summed E-state index contributed by atoms with van der Waals surface area (Å²) in [5.41, 5.74) is -0.172. The summed E-state index contributed by atoms with van der Waals surface area (Å²) >= 11 is 6.09. The van der Waals surface area contributed by atoms with Gasteiger partial charge in [-0.2, -0.15) is 0 Å². The van der Waals surface area contributed by atoms with Gasteiger partial charge in [-0.1, -0.05) is 35.9 Å². The Morgan fingerprint density at radius 1 is 1.03 bits per heavy atom. The van der Waals surface area contributed by atoms with Gasteiger partial charge in [0.2, 0.25) is 5.91 Å². The van der Waals surface area contributed by atoms with Crippen molar-refractivity contribution in [1.29, 1.82) is 0 Å². The van der Waals surface area contributed by atoms with Crippen molar-refractivity contribution in [1.82, 2.24) is 0 Å². The number of nitro groups is 1. The van der Waals surface area contributed by atoms with E-state index in [4.69, 9.17) is 21.1 Å². The Morgan fingerprint density at radius 2 is 1.71 bits per heavy atom. The molecule has 0 saturated heterocycles. The number of ether oxygens (including phenoxy) is 2. The molecule has 3 aromatic carbocycles. The van der Waals surface area contributed by atoms with Gasteiger partial charge in [-0.05, 0) is 18.2 Å². The Bertz CT molecular complexity index is 1320. The topological polar surface area (TPSA) is 128 Å². The van der Waals surface area contributed by atoms with E-state index in [9.17, 15) is 23.3 Å². The predicted molar refractivity (Wildman–Crippen MR) is 127 cm³/mol. The number of amides is 1. The molecule has 0 aliphatic rings. The molecule has 0 bridgehead atoms. The van der Waals surface area contributed by atoms with Crippen LogP contribution in [0.1, 0.15) is 0 Å². The van der Waals surface area contributed by atoms with Gasteiger partial charge in [-0.25, -0.2) is 8.42 Å². The molecule has 0 saturated carbocycles. The third kappa shape index (κ3) is 5.38. The minimum absolute atomic E-state index is 0.0474. The number of nitrogens with one attached hydrogen (secondary N) is 1. The number of sulfonamides is 1. The molecule has 12 heteroatoms. The summed E-state index contributed by atoms with van der Waals surface area (Å²) in [6.07, 6.45) is 0. The average Bonchev–Trinajstić information content (AvgIpc) is 2.83. The summed E-state index contributed by atoms with van der Waals surface area (Å²) < 4.78 is 38.0. The van der Waals surface area contributed by atoms with Crippen LogP contribution in [0.3, 0.4) is 0 Å². The fourth-order valence-electron chi connectivity index (χ4n) is 3.07. The van der Waals surface area contributed by atoms with E-state index in [0.29, 0.717) is 0 Å². The largest absolute Gasteiger partial charge is 0.495 e. The van der Waals surface area contributed by atoms with Crippen molar-refractivity contribution in [3.05, 3.63) is 81.9 Å². The lowest BCUT2D eigenvalue weighted by Gasteiger charge is -2.24. The number of rotatable bonds is 9. The van der Waals surface area contributed by atoms with Gasteiger partial charge >= 0.3 is 0 Å². The third-order valence-electron chi connectivity index (χ3n) is 4.69. The molecule has 0 aliphatic heterocycles. The molecule has 0 aliphatic carbocycles. The van der Waals surface area contributed by atoms with Crippen LogP contribution in [0.15, 0.2) is 71.6 Å². The second-order valence-electron chi connectivity index (χ2n) is 6.84. The first-order valence-corrected chi connectivity index (χ1v) is 11.5. The number of nitrogens with zero attached hydrogens (tertiary/aromatic N) is 2. The average molecular weight is 506 g/mol. The Kier molecular flexibility index (Phi) is 7.59. The van der Waals surface area contributed by atoms with Gasteiger partial charge in [0.25, 0.3) is 15.7 Å². The molecular formula is C22H20ClN3O7S. The fourth-order valence-corrected chi connectivity index (χ4v) is 4.74. The lowest BCUT2D eigenvalue weighted by molar-refractivity contribution is -0.384. The van der Waals surface area contributed by atoms with E-state index in [0.717, 1.165) is 10.4 Å². The van der Waals surface area contributed by atoms with Crippen LogP contribution in [0.2, 0.25) is 5.02 Å². The molecule has 0 fully saturated rings. The summed E-state index contributed by atoms with van der Waals surface area (Å²) in [4.78, 5) is 23.5. The number of carbonyl (C=O) groups excluding carboxylic acids is 1. The van der Waals surface area contributed by atoms with E-state index in [2.05, 4.69) is 5.32 Å². The van der Waals surface area contributed by atoms with Crippen LogP contribution in [0.25, 0.3) is 0 Å². The molecular weight excluding hydrogens is 486 g/mol. The highest BCUT2D eigenvalue weighted by molar-refractivity contribution is 7.92. The lowest BCUT2D eigenvalue weighted by atomic mass is 10.2. The number of nitro benzene ring substituents is 1. The van der Waals surface area contributed by atoms with Gasteiger partial charge in [0.1, 0.15) is 18.0 Å². The monoisotopic (exact) mass is 505 g/mol. The lowest BCUT2D eigenvalue weighted by Crippen LogP contribution is -2.38. The molecule has 0 unspecified atom stereocenters. The normalized spacial score (nSPS) is 10.9. The van der Waals surface area contributed by atoms with E-state index in [1.165, 1.54) is 68.8 Å². The Morgan fingerprint density at radius 3 is 2.32 bits per heavy atom. The van der Waals surface area contributed by atoms with Crippen LogP contribution in [0, 0.1) is 10.1 Å². The number of carbonyl (C=O) groups is 1. The van der Waals surface area contributed by atoms with Crippen molar-refractivity contribution in [3.63, 3.8) is 0 Å². The Balaban J connectivity index is 2.01. The van der Waals surface area contributed by atoms with E-state index in [-0.39, 0.29) is 38.5 Å². The maximum absolute atomic E-state index is 13.4. The smallest absolute Gasteiger partial charge is 0.271 e. The third-order valence-corrected chi connectivity index (χ3v) is 6.78. The maximum Gasteiger partial charge on any atom is 0.271 e. The SMILES string of the molecule is COc1cc(NC(=O)CN(c2cccc([N+](=O)[O-])c2)S(=O)(=O)c2ccccc2)c(OC)cc1Cl. The summed E-state index contributed by atoms with van der Waals surface area (Å²) in [5, 5.41) is 14.1. The molecule has 1 N–H and O–H groups in total. The van der Waals surface area contributed by atoms with Gasteiger partial charge in [0.15, 0.2) is 0 Å². The summed E-state index contributed by atoms with van der Waals surface area (Å²) in [6, 6.07) is 15.3. The minimum Gasteiger partial charge on any atom is -0.495 e. The van der Waals surface area contributed by atoms with Gasteiger partial charge in [0, 0.05) is 24.3 Å². The van der Waals surface area contributed by atoms with Crippen LogP contribution >= 0.6 is 11.6 Å². The van der Waals surface area contributed by atoms with Crippen LogP contribution in [-0.4, -0.2) is 40.0 Å². The van der Waals surface area contributed by atoms with Gasteiger partial charge in [-0.3, -0.25) is 19.2 Å². The molecule has 10 nitrogen and oxygen atoms in total. The summed E-state index contributed by atoms with van der Waals surface area (Å²) in [5.74, 6) is -0.231. The van der Waals surface area contributed by atoms with E-state index >= 15 is 0 Å². The van der Waals surface area contributed by atoms with Crippen LogP contribution in [0.4, 0.5) is 17.1 Å². The van der Waals surface area contributed by atoms with Gasteiger partial charge in [0.05, 0.1) is 40.4 Å². The number of anilines is 2. The first-order chi connectivity index (χ1) is 16.2. The summed E-state index contributed by atoms with van der Waals surface area (Å²) in [6.45, 7) is -0.674. The minimum atomic E-state index is -4.25. The van der Waals surface area contributed by atoms with E-state index < -0.39 is 27.4 Å². The zero-order chi connectivity index (χ0) is 24.9. The second kappa shape index (κ2) is 10.4. The van der Waals surface area contributed by atoms with Crippen molar-refractivity contribution < 1.29 is 27.6 Å². The van der Waals surface area contributed by atoms with Gasteiger partial charge in [-0.15, -0.1) is 0 Å². The molecule has 3 rings (SSSR count). The molecule has 0 aromatic heterocycles. The highest BCUT2D eigenvalue weighted by atomic mass is 35.5. The van der Waals surface area contributed by atoms with Crippen molar-refractivity contribution >= 4 is 44.6 Å². The summed E-state index contributed by atoms with van der Waals surface area (Å²) in [7, 11) is -1.47. The zero-order valence-corrected chi connectivity index (χ0v) is 19.7. The molecule has 3 aromatic rings. The molecule has 178 valence electrons. The first kappa shape index (κ1) is 24.8. The zero-order valence-electron chi connectivity index (χ0n) is 18.1. The van der Waals surface area contributed by atoms with Crippen molar-refractivity contribution in [2.75, 3.05) is 30.4 Å². The predicted octanol–water partition coefficient (Wildman–Crippen LogP) is 4.10. The highest BCUT2D eigenvalue weighted by Crippen LogP contribution is 2.36. The first-order valence-electron chi connectivity index (χ1n) is 9.71. The van der Waals surface area contributed by atoms with E-state index in [1.807, 2.05) is 0 Å². The molecule has 0 heterocycles. The Labute approximate surface area is 200 Å². The maximum atomic E-state index is 13.4. The quantitative estimate of drug-likeness (QED) is 0.342. The van der Waals surface area contributed by atoms with Crippen LogP contribution in [-0.2, 0) is 14.8 Å². The highest BCUT2D eigenvalue weighted by Gasteiger charge is 2.28. The molecule has 0 spiro atoms. The van der Waals surface area contributed by atoms with Crippen molar-refractivity contribution in [2.24, 2.45) is 0 Å². The molecule has 1 amide bonds. The molecule has 0 atom stereocenters. The number of hydrogen-bond acceptors (Lipinski definition) is 7. The Hall–Kier alpha value is -3.83. The number of non-ortho nitro benzene ring substituents is 1. The number of benzene rings is 3. The number of hydrogen-bond donors (Lipinski definition) is 1. The standard InChI is InChI=1S/C22H20ClN3O7S/c1-32-20-13-19(21(33-2)12-18(20)23)24-22(27)14-25(15-7-6-8-16(11-15)26(28)29)34(30,31)17-9-4-3-5-10-17/h3-13H,14H2,1-2H3,(H,24,27). The second-order valence-corrected chi connectivity index (χ2v) is 9.11. The van der Waals surface area contributed by atoms with Gasteiger partial charge < -0.3 is 14.8 Å².